The van der Waals surface area contributed by atoms with Crippen LogP contribution in [0.1, 0.15) is 30.6 Å². The molecule has 3 aromatic rings. The van der Waals surface area contributed by atoms with Gasteiger partial charge < -0.3 is 4.98 Å². The van der Waals surface area contributed by atoms with Gasteiger partial charge in [0.2, 0.25) is 0 Å². The van der Waals surface area contributed by atoms with Crippen molar-refractivity contribution in [1.29, 1.82) is 5.26 Å². The summed E-state index contributed by atoms with van der Waals surface area (Å²) in [5.41, 5.74) is 1.92. The molecule has 5 heteroatoms. The van der Waals surface area contributed by atoms with Crippen molar-refractivity contribution in [2.75, 3.05) is 0 Å². The molecule has 1 aromatic carbocycles. The Morgan fingerprint density at radius 3 is 2.52 bits per heavy atom. The average molecular weight is 322 g/mol. The molecule has 114 valence electrons. The zero-order valence-corrected chi connectivity index (χ0v) is 13.5. The van der Waals surface area contributed by atoms with Gasteiger partial charge >= 0.3 is 0 Å². The lowest BCUT2D eigenvalue weighted by atomic mass is 9.92. The number of nitriles is 1. The predicted molar refractivity (Wildman–Crippen MR) is 89.9 cm³/mol. The van der Waals surface area contributed by atoms with Gasteiger partial charge in [-0.15, -0.1) is 11.3 Å². The van der Waals surface area contributed by atoms with Crippen LogP contribution in [0, 0.1) is 31.1 Å². The van der Waals surface area contributed by atoms with E-state index >= 15 is 0 Å². The smallest absolute Gasteiger partial charge is 0.197 e. The summed E-state index contributed by atoms with van der Waals surface area (Å²) in [7, 11) is 0. The van der Waals surface area contributed by atoms with Crippen LogP contribution in [0.25, 0.3) is 10.9 Å². The Balaban J connectivity index is 2.05. The van der Waals surface area contributed by atoms with Gasteiger partial charge in [0.1, 0.15) is 0 Å². The number of hydrogen-bond donors (Lipinski definition) is 1. The molecule has 2 aromatic heterocycles. The highest BCUT2D eigenvalue weighted by Gasteiger charge is 2.31. The van der Waals surface area contributed by atoms with Crippen LogP contribution in [0.3, 0.4) is 0 Å². The van der Waals surface area contributed by atoms with Crippen LogP contribution in [0.4, 0.5) is 0 Å². The van der Waals surface area contributed by atoms with Crippen LogP contribution < -0.4 is 0 Å². The average Bonchev–Trinajstić information content (AvgIpc) is 3.10. The van der Waals surface area contributed by atoms with Gasteiger partial charge in [0.15, 0.2) is 17.5 Å². The SMILES string of the molecule is Cc1ccc(C(=O)[C@H](C#N)C(=O)c2c(C)[nH]c3ccccc23)s1. The Hall–Kier alpha value is -2.71. The van der Waals surface area contributed by atoms with Crippen LogP contribution in [0.2, 0.25) is 0 Å². The van der Waals surface area contributed by atoms with Gasteiger partial charge in [0.25, 0.3) is 0 Å². The number of aromatic amines is 1. The van der Waals surface area contributed by atoms with E-state index in [0.717, 1.165) is 15.8 Å². The maximum atomic E-state index is 12.8. The minimum Gasteiger partial charge on any atom is -0.358 e. The maximum Gasteiger partial charge on any atom is 0.197 e. The second kappa shape index (κ2) is 5.82. The number of aromatic nitrogens is 1. The first-order chi connectivity index (χ1) is 11.0. The molecule has 2 heterocycles. The minimum atomic E-state index is -1.31. The number of thiophene rings is 1. The lowest BCUT2D eigenvalue weighted by Gasteiger charge is -2.06. The van der Waals surface area contributed by atoms with E-state index in [1.54, 1.807) is 13.0 Å². The molecule has 4 nitrogen and oxygen atoms in total. The molecule has 0 aliphatic carbocycles. The molecule has 23 heavy (non-hydrogen) atoms. The molecule has 0 spiro atoms. The number of benzene rings is 1. The Morgan fingerprint density at radius 1 is 1.13 bits per heavy atom. The second-order valence-electron chi connectivity index (χ2n) is 5.37. The third kappa shape index (κ3) is 2.58. The molecule has 0 bridgehead atoms. The summed E-state index contributed by atoms with van der Waals surface area (Å²) in [6, 6.07) is 12.8. The standard InChI is InChI=1S/C18H14N2O2S/c1-10-7-8-15(23-10)17(21)13(9-19)18(22)16-11(2)20-14-6-4-3-5-12(14)16/h3-8,13,20H,1-2H3/t13-/m0/s1. The van der Waals surface area contributed by atoms with Crippen molar-refractivity contribution in [3.8, 4) is 6.07 Å². The number of para-hydroxylation sites is 1. The summed E-state index contributed by atoms with van der Waals surface area (Å²) in [4.78, 5) is 29.9. The Bertz CT molecular complexity index is 959. The van der Waals surface area contributed by atoms with Crippen LogP contribution in [-0.2, 0) is 0 Å². The molecular formula is C18H14N2O2S. The normalized spacial score (nSPS) is 12.0. The number of nitrogens with one attached hydrogen (secondary N) is 1. The van der Waals surface area contributed by atoms with Gasteiger partial charge in [-0.3, -0.25) is 9.59 Å². The van der Waals surface area contributed by atoms with Crippen LogP contribution in [0.5, 0.6) is 0 Å². The molecule has 0 unspecified atom stereocenters. The maximum absolute atomic E-state index is 12.8. The largest absolute Gasteiger partial charge is 0.358 e. The first-order valence-corrected chi connectivity index (χ1v) is 7.96. The van der Waals surface area contributed by atoms with Gasteiger partial charge in [-0.25, -0.2) is 0 Å². The van der Waals surface area contributed by atoms with E-state index in [4.69, 9.17) is 0 Å². The summed E-state index contributed by atoms with van der Waals surface area (Å²) in [5.74, 6) is -2.19. The van der Waals surface area contributed by atoms with E-state index in [1.807, 2.05) is 43.3 Å². The predicted octanol–water partition coefficient (Wildman–Crippen LogP) is 4.05. The molecule has 0 aliphatic heterocycles. The molecule has 0 fully saturated rings. The number of H-pyrrole nitrogens is 1. The lowest BCUT2D eigenvalue weighted by molar-refractivity contribution is 0.0849. The van der Waals surface area contributed by atoms with Gasteiger partial charge in [-0.05, 0) is 32.0 Å². The number of carbonyl (C=O) groups is 2. The number of ketones is 2. The number of Topliss-reactive ketones (excluding diaryl/α,β-unsaturated/α-hetero) is 2. The van der Waals surface area contributed by atoms with E-state index in [1.165, 1.54) is 11.3 Å². The van der Waals surface area contributed by atoms with E-state index in [0.29, 0.717) is 16.1 Å². The number of fused-ring (bicyclic) bond motifs is 1. The Morgan fingerprint density at radius 2 is 1.87 bits per heavy atom. The molecule has 1 N–H and O–H groups in total. The summed E-state index contributed by atoms with van der Waals surface area (Å²) < 4.78 is 0. The fourth-order valence-electron chi connectivity index (χ4n) is 2.68. The molecular weight excluding hydrogens is 308 g/mol. The third-order valence-corrected chi connectivity index (χ3v) is 4.79. The van der Waals surface area contributed by atoms with Gasteiger partial charge in [-0.1, -0.05) is 18.2 Å². The highest BCUT2D eigenvalue weighted by molar-refractivity contribution is 7.14. The zero-order chi connectivity index (χ0) is 16.6. The van der Waals surface area contributed by atoms with Gasteiger partial charge in [-0.2, -0.15) is 5.26 Å². The summed E-state index contributed by atoms with van der Waals surface area (Å²) in [5, 5.41) is 10.1. The second-order valence-corrected chi connectivity index (χ2v) is 6.66. The first kappa shape index (κ1) is 15.2. The summed E-state index contributed by atoms with van der Waals surface area (Å²) in [6.45, 7) is 3.66. The fraction of sp³-hybridized carbons (Fsp3) is 0.167. The fourth-order valence-corrected chi connectivity index (χ4v) is 3.52. The lowest BCUT2D eigenvalue weighted by Crippen LogP contribution is -2.22. The highest BCUT2D eigenvalue weighted by Crippen LogP contribution is 2.27. The number of carbonyl (C=O) groups excluding carboxylic acids is 2. The molecule has 0 radical (unpaired) electrons. The Labute approximate surface area is 137 Å². The van der Waals surface area contributed by atoms with Crippen LogP contribution in [-0.4, -0.2) is 16.6 Å². The number of aryl methyl sites for hydroxylation is 2. The van der Waals surface area contributed by atoms with E-state index in [-0.39, 0.29) is 0 Å². The minimum absolute atomic E-state index is 0.425. The number of hydrogen-bond acceptors (Lipinski definition) is 4. The van der Waals surface area contributed by atoms with Gasteiger partial charge in [0, 0.05) is 27.0 Å². The topological polar surface area (TPSA) is 73.7 Å². The highest BCUT2D eigenvalue weighted by atomic mass is 32.1. The van der Waals surface area contributed by atoms with E-state index < -0.39 is 17.5 Å². The molecule has 0 aliphatic rings. The third-order valence-electron chi connectivity index (χ3n) is 3.78. The number of nitrogens with zero attached hydrogens (tertiary/aromatic N) is 1. The Kier molecular flexibility index (Phi) is 3.85. The van der Waals surface area contributed by atoms with E-state index in [9.17, 15) is 14.9 Å². The van der Waals surface area contributed by atoms with E-state index in [2.05, 4.69) is 4.98 Å². The molecule has 0 saturated heterocycles. The van der Waals surface area contributed by atoms with Crippen molar-refractivity contribution < 1.29 is 9.59 Å². The van der Waals surface area contributed by atoms with Crippen molar-refractivity contribution >= 4 is 33.8 Å². The molecule has 1 atom stereocenters. The van der Waals surface area contributed by atoms with Crippen LogP contribution in [0.15, 0.2) is 36.4 Å². The molecule has 3 rings (SSSR count). The van der Waals surface area contributed by atoms with Crippen molar-refractivity contribution in [2.45, 2.75) is 13.8 Å². The van der Waals surface area contributed by atoms with Crippen molar-refractivity contribution in [3.05, 3.63) is 57.4 Å². The first-order valence-electron chi connectivity index (χ1n) is 7.14. The van der Waals surface area contributed by atoms with Crippen molar-refractivity contribution in [3.63, 3.8) is 0 Å². The van der Waals surface area contributed by atoms with Crippen LogP contribution >= 0.6 is 11.3 Å². The summed E-state index contributed by atoms with van der Waals surface area (Å²) in [6.07, 6.45) is 0. The zero-order valence-electron chi connectivity index (χ0n) is 12.7. The number of rotatable bonds is 4. The summed E-state index contributed by atoms with van der Waals surface area (Å²) >= 11 is 1.30. The molecule has 0 saturated carbocycles. The monoisotopic (exact) mass is 322 g/mol. The molecule has 0 amide bonds. The van der Waals surface area contributed by atoms with Crippen molar-refractivity contribution in [2.24, 2.45) is 5.92 Å². The quantitative estimate of drug-likeness (QED) is 0.581. The van der Waals surface area contributed by atoms with Crippen molar-refractivity contribution in [1.82, 2.24) is 4.98 Å². The van der Waals surface area contributed by atoms with Gasteiger partial charge in [0.05, 0.1) is 10.9 Å².